The molecule has 1 heterocycles. The van der Waals surface area contributed by atoms with Crippen LogP contribution >= 0.6 is 0 Å². The van der Waals surface area contributed by atoms with Crippen molar-refractivity contribution < 1.29 is 4.39 Å². The van der Waals surface area contributed by atoms with Crippen molar-refractivity contribution in [3.63, 3.8) is 0 Å². The van der Waals surface area contributed by atoms with Crippen LogP contribution in [0.3, 0.4) is 0 Å². The lowest BCUT2D eigenvalue weighted by Gasteiger charge is -2.16. The van der Waals surface area contributed by atoms with E-state index >= 15 is 0 Å². The van der Waals surface area contributed by atoms with Gasteiger partial charge in [-0.3, -0.25) is 9.88 Å². The molecule has 0 spiro atoms. The zero-order valence-corrected chi connectivity index (χ0v) is 11.0. The van der Waals surface area contributed by atoms with Crippen molar-refractivity contribution in [2.75, 3.05) is 7.05 Å². The van der Waals surface area contributed by atoms with Gasteiger partial charge in [0.15, 0.2) is 0 Å². The molecule has 4 heteroatoms. The average Bonchev–Trinajstić information content (AvgIpc) is 2.39. The summed E-state index contributed by atoms with van der Waals surface area (Å²) in [6.07, 6.45) is 1.80. The predicted molar refractivity (Wildman–Crippen MR) is 73.7 cm³/mol. The molecule has 2 N–H and O–H groups in total. The number of pyridine rings is 1. The molecule has 0 aliphatic carbocycles. The van der Waals surface area contributed by atoms with Crippen molar-refractivity contribution in [3.05, 3.63) is 65.2 Å². The van der Waals surface area contributed by atoms with Gasteiger partial charge in [0.1, 0.15) is 5.82 Å². The number of nitrogens with two attached hydrogens (primary N) is 1. The van der Waals surface area contributed by atoms with E-state index in [2.05, 4.69) is 9.88 Å². The van der Waals surface area contributed by atoms with E-state index in [-0.39, 0.29) is 5.82 Å². The average molecular weight is 259 g/mol. The largest absolute Gasteiger partial charge is 0.326 e. The van der Waals surface area contributed by atoms with Crippen LogP contribution in [0.15, 0.2) is 42.6 Å². The highest BCUT2D eigenvalue weighted by Gasteiger charge is 2.04. The minimum atomic E-state index is -0.198. The zero-order chi connectivity index (χ0) is 13.7. The molecule has 0 saturated heterocycles. The van der Waals surface area contributed by atoms with Gasteiger partial charge in [0.2, 0.25) is 0 Å². The number of hydrogen-bond acceptors (Lipinski definition) is 3. The van der Waals surface area contributed by atoms with Gasteiger partial charge in [-0.1, -0.05) is 18.2 Å². The summed E-state index contributed by atoms with van der Waals surface area (Å²) in [6, 6.07) is 10.6. The maximum Gasteiger partial charge on any atom is 0.123 e. The van der Waals surface area contributed by atoms with E-state index in [1.165, 1.54) is 6.07 Å². The molecule has 0 aliphatic rings. The monoisotopic (exact) mass is 259 g/mol. The first-order valence-corrected chi connectivity index (χ1v) is 6.24. The minimum absolute atomic E-state index is 0.198. The third-order valence-electron chi connectivity index (χ3n) is 2.90. The standard InChI is InChI=1S/C15H18FN3/c1-19(10-12-3-2-4-14(16)7-12)11-15-6-5-13(8-17)9-18-15/h2-7,9H,8,10-11,17H2,1H3. The van der Waals surface area contributed by atoms with Crippen molar-refractivity contribution >= 4 is 0 Å². The normalized spacial score (nSPS) is 10.9. The van der Waals surface area contributed by atoms with Crippen molar-refractivity contribution in [2.24, 2.45) is 5.73 Å². The molecule has 0 amide bonds. The first-order valence-electron chi connectivity index (χ1n) is 6.24. The first-order chi connectivity index (χ1) is 9.17. The second-order valence-corrected chi connectivity index (χ2v) is 4.66. The smallest absolute Gasteiger partial charge is 0.123 e. The van der Waals surface area contributed by atoms with Crippen LogP contribution in [-0.4, -0.2) is 16.9 Å². The number of aromatic nitrogens is 1. The summed E-state index contributed by atoms with van der Waals surface area (Å²) < 4.78 is 13.1. The van der Waals surface area contributed by atoms with Crippen LogP contribution in [0.4, 0.5) is 4.39 Å². The van der Waals surface area contributed by atoms with E-state index in [9.17, 15) is 4.39 Å². The number of nitrogens with zero attached hydrogens (tertiary/aromatic N) is 2. The fourth-order valence-electron chi connectivity index (χ4n) is 1.95. The molecule has 1 aromatic heterocycles. The Balaban J connectivity index is 1.95. The maximum absolute atomic E-state index is 13.1. The van der Waals surface area contributed by atoms with Crippen molar-refractivity contribution in [3.8, 4) is 0 Å². The Morgan fingerprint density at radius 2 is 2.00 bits per heavy atom. The molecule has 0 bridgehead atoms. The number of hydrogen-bond donors (Lipinski definition) is 1. The second-order valence-electron chi connectivity index (χ2n) is 4.66. The van der Waals surface area contributed by atoms with Crippen molar-refractivity contribution in [1.82, 2.24) is 9.88 Å². The Bertz CT molecular complexity index is 525. The SMILES string of the molecule is CN(Cc1cccc(F)c1)Cc1ccc(CN)cn1. The molecular formula is C15H18FN3. The highest BCUT2D eigenvalue weighted by atomic mass is 19.1. The molecule has 0 unspecified atom stereocenters. The van der Waals surface area contributed by atoms with Gasteiger partial charge >= 0.3 is 0 Å². The molecule has 19 heavy (non-hydrogen) atoms. The number of benzene rings is 1. The van der Waals surface area contributed by atoms with Crippen LogP contribution in [0.2, 0.25) is 0 Å². The summed E-state index contributed by atoms with van der Waals surface area (Å²) >= 11 is 0. The van der Waals surface area contributed by atoms with Crippen molar-refractivity contribution in [2.45, 2.75) is 19.6 Å². The van der Waals surface area contributed by atoms with Gasteiger partial charge < -0.3 is 5.73 Å². The summed E-state index contributed by atoms with van der Waals surface area (Å²) in [5.41, 5.74) is 8.50. The topological polar surface area (TPSA) is 42.1 Å². The van der Waals surface area contributed by atoms with E-state index < -0.39 is 0 Å². The molecule has 0 saturated carbocycles. The third-order valence-corrected chi connectivity index (χ3v) is 2.90. The van der Waals surface area contributed by atoms with Crippen molar-refractivity contribution in [1.29, 1.82) is 0 Å². The van der Waals surface area contributed by atoms with Crippen LogP contribution in [0.5, 0.6) is 0 Å². The van der Waals surface area contributed by atoms with Gasteiger partial charge in [-0.2, -0.15) is 0 Å². The Morgan fingerprint density at radius 3 is 2.63 bits per heavy atom. The van der Waals surface area contributed by atoms with Crippen LogP contribution in [0.1, 0.15) is 16.8 Å². The summed E-state index contributed by atoms with van der Waals surface area (Å²) in [7, 11) is 1.99. The molecule has 100 valence electrons. The minimum Gasteiger partial charge on any atom is -0.326 e. The molecule has 0 atom stereocenters. The van der Waals surface area contributed by atoms with E-state index in [4.69, 9.17) is 5.73 Å². The van der Waals surface area contributed by atoms with E-state index in [0.29, 0.717) is 13.1 Å². The van der Waals surface area contributed by atoms with Gasteiger partial charge in [-0.15, -0.1) is 0 Å². The molecule has 3 nitrogen and oxygen atoms in total. The predicted octanol–water partition coefficient (Wildman–Crippen LogP) is 2.31. The second kappa shape index (κ2) is 6.41. The fourth-order valence-corrected chi connectivity index (χ4v) is 1.95. The van der Waals surface area contributed by atoms with E-state index in [1.54, 1.807) is 18.3 Å². The molecular weight excluding hydrogens is 241 g/mol. The Hall–Kier alpha value is -1.78. The summed E-state index contributed by atoms with van der Waals surface area (Å²) in [6.45, 7) is 1.92. The van der Waals surface area contributed by atoms with Crippen LogP contribution in [0, 0.1) is 5.82 Å². The Morgan fingerprint density at radius 1 is 1.16 bits per heavy atom. The van der Waals surface area contributed by atoms with Gasteiger partial charge in [0, 0.05) is 25.8 Å². The Kier molecular flexibility index (Phi) is 4.60. The zero-order valence-electron chi connectivity index (χ0n) is 11.0. The quantitative estimate of drug-likeness (QED) is 0.896. The molecule has 0 fully saturated rings. The Labute approximate surface area is 112 Å². The lowest BCUT2D eigenvalue weighted by atomic mass is 10.2. The van der Waals surface area contributed by atoms with Crippen LogP contribution in [0.25, 0.3) is 0 Å². The first kappa shape index (κ1) is 13.6. The van der Waals surface area contributed by atoms with Gasteiger partial charge in [0.05, 0.1) is 5.69 Å². The maximum atomic E-state index is 13.1. The van der Waals surface area contributed by atoms with Crippen LogP contribution in [-0.2, 0) is 19.6 Å². The number of rotatable bonds is 5. The molecule has 2 aromatic rings. The van der Waals surface area contributed by atoms with E-state index in [1.807, 2.05) is 25.2 Å². The molecule has 1 aromatic carbocycles. The molecule has 2 rings (SSSR count). The highest BCUT2D eigenvalue weighted by molar-refractivity contribution is 5.17. The fraction of sp³-hybridized carbons (Fsp3) is 0.267. The molecule has 0 radical (unpaired) electrons. The van der Waals surface area contributed by atoms with E-state index in [0.717, 1.165) is 23.4 Å². The highest BCUT2D eigenvalue weighted by Crippen LogP contribution is 2.09. The van der Waals surface area contributed by atoms with Gasteiger partial charge in [0.25, 0.3) is 0 Å². The lowest BCUT2D eigenvalue weighted by Crippen LogP contribution is -2.18. The summed E-state index contributed by atoms with van der Waals surface area (Å²) in [5, 5.41) is 0. The van der Waals surface area contributed by atoms with Gasteiger partial charge in [-0.05, 0) is 36.4 Å². The van der Waals surface area contributed by atoms with Crippen LogP contribution < -0.4 is 5.73 Å². The number of halogens is 1. The third kappa shape index (κ3) is 4.12. The van der Waals surface area contributed by atoms with Gasteiger partial charge in [-0.25, -0.2) is 4.39 Å². The summed E-state index contributed by atoms with van der Waals surface area (Å²) in [5.74, 6) is -0.198. The summed E-state index contributed by atoms with van der Waals surface area (Å²) in [4.78, 5) is 6.45. The lowest BCUT2D eigenvalue weighted by molar-refractivity contribution is 0.314. The molecule has 0 aliphatic heterocycles.